The average Bonchev–Trinajstić information content (AvgIpc) is 2.10. The van der Waals surface area contributed by atoms with Crippen LogP contribution in [0, 0.1) is 6.42 Å². The molecule has 0 fully saturated rings. The predicted octanol–water partition coefficient (Wildman–Crippen LogP) is 3.50. The van der Waals surface area contributed by atoms with Crippen LogP contribution in [0.5, 0.6) is 0 Å². The van der Waals surface area contributed by atoms with Crippen molar-refractivity contribution >= 4 is 5.97 Å². The maximum atomic E-state index is 11.1. The Morgan fingerprint density at radius 1 is 1.21 bits per heavy atom. The molecule has 2 nitrogen and oxygen atoms in total. The molecule has 0 aliphatic rings. The van der Waals surface area contributed by atoms with Crippen LogP contribution in [-0.2, 0) is 9.53 Å². The van der Waals surface area contributed by atoms with E-state index >= 15 is 0 Å². The van der Waals surface area contributed by atoms with E-state index in [4.69, 9.17) is 4.74 Å². The Morgan fingerprint density at radius 3 is 2.43 bits per heavy atom. The van der Waals surface area contributed by atoms with E-state index in [2.05, 4.69) is 6.92 Å². The molecule has 2 heteroatoms. The summed E-state index contributed by atoms with van der Waals surface area (Å²) in [6.45, 7) is 5.94. The Kier molecular flexibility index (Phi) is 8.70. The van der Waals surface area contributed by atoms with Gasteiger partial charge in [0.25, 0.3) is 0 Å². The minimum absolute atomic E-state index is 0.00107. The highest BCUT2D eigenvalue weighted by molar-refractivity contribution is 5.78. The second-order valence-electron chi connectivity index (χ2n) is 3.89. The fourth-order valence-corrected chi connectivity index (χ4v) is 1.25. The molecule has 83 valence electrons. The van der Waals surface area contributed by atoms with Gasteiger partial charge in [-0.1, -0.05) is 39.0 Å². The van der Waals surface area contributed by atoms with Crippen LogP contribution in [0.15, 0.2) is 0 Å². The summed E-state index contributed by atoms with van der Waals surface area (Å²) in [5.41, 5.74) is 0. The van der Waals surface area contributed by atoms with Crippen LogP contribution >= 0.6 is 0 Å². The molecule has 0 bridgehead atoms. The quantitative estimate of drug-likeness (QED) is 0.442. The van der Waals surface area contributed by atoms with Gasteiger partial charge in [-0.25, -0.2) is 0 Å². The number of hydrogen-bond acceptors (Lipinski definition) is 2. The molecule has 0 aromatic carbocycles. The predicted molar refractivity (Wildman–Crippen MR) is 58.9 cm³/mol. The molecule has 0 aliphatic heterocycles. The molecule has 0 spiro atoms. The standard InChI is InChI=1S/C12H23O2/c1-4-5-6-7-8-9-10-12(13)14-11(2)3/h10-11H,4-9H2,1-3H3. The minimum atomic E-state index is -0.171. The lowest BCUT2D eigenvalue weighted by atomic mass is 10.1. The van der Waals surface area contributed by atoms with Crippen LogP contribution in [0.25, 0.3) is 0 Å². The first-order chi connectivity index (χ1) is 6.66. The van der Waals surface area contributed by atoms with E-state index in [1.165, 1.54) is 25.7 Å². The SMILES string of the molecule is CCCCCCC[CH]C(=O)OC(C)C. The molecule has 0 aromatic rings. The Hall–Kier alpha value is -0.530. The normalized spacial score (nSPS) is 10.6. The highest BCUT2D eigenvalue weighted by Gasteiger charge is 2.04. The molecule has 0 amide bonds. The van der Waals surface area contributed by atoms with Crippen molar-refractivity contribution in [2.24, 2.45) is 0 Å². The maximum absolute atomic E-state index is 11.1. The van der Waals surface area contributed by atoms with Crippen molar-refractivity contribution in [2.75, 3.05) is 0 Å². The van der Waals surface area contributed by atoms with Gasteiger partial charge >= 0.3 is 5.97 Å². The molecule has 0 saturated heterocycles. The van der Waals surface area contributed by atoms with E-state index in [0.29, 0.717) is 0 Å². The molecular formula is C12H23O2. The molecule has 0 heterocycles. The van der Waals surface area contributed by atoms with E-state index in [9.17, 15) is 4.79 Å². The second kappa shape index (κ2) is 9.04. The summed E-state index contributed by atoms with van der Waals surface area (Å²) >= 11 is 0. The fourth-order valence-electron chi connectivity index (χ4n) is 1.25. The third kappa shape index (κ3) is 9.56. The first-order valence-corrected chi connectivity index (χ1v) is 5.70. The summed E-state index contributed by atoms with van der Waals surface area (Å²) in [6.07, 6.45) is 8.69. The molecule has 1 radical (unpaired) electrons. The molecule has 0 aliphatic carbocycles. The van der Waals surface area contributed by atoms with Crippen molar-refractivity contribution in [1.29, 1.82) is 0 Å². The molecule has 14 heavy (non-hydrogen) atoms. The van der Waals surface area contributed by atoms with Gasteiger partial charge in [-0.2, -0.15) is 0 Å². The zero-order chi connectivity index (χ0) is 10.8. The van der Waals surface area contributed by atoms with Gasteiger partial charge in [-0.05, 0) is 20.3 Å². The van der Waals surface area contributed by atoms with Gasteiger partial charge in [0.05, 0.1) is 12.5 Å². The Bertz CT molecular complexity index is 141. The number of ether oxygens (including phenoxy) is 1. The van der Waals surface area contributed by atoms with E-state index in [0.717, 1.165) is 12.8 Å². The number of carbonyl (C=O) groups is 1. The molecule has 0 rings (SSSR count). The summed E-state index contributed by atoms with van der Waals surface area (Å²) in [4.78, 5) is 11.1. The van der Waals surface area contributed by atoms with Crippen molar-refractivity contribution in [3.63, 3.8) is 0 Å². The highest BCUT2D eigenvalue weighted by Crippen LogP contribution is 2.07. The van der Waals surface area contributed by atoms with Gasteiger partial charge in [-0.3, -0.25) is 4.79 Å². The van der Waals surface area contributed by atoms with Gasteiger partial charge in [0, 0.05) is 0 Å². The van der Waals surface area contributed by atoms with E-state index in [-0.39, 0.29) is 12.1 Å². The first kappa shape index (κ1) is 13.5. The number of hydrogen-bond donors (Lipinski definition) is 0. The van der Waals surface area contributed by atoms with Gasteiger partial charge in [0.2, 0.25) is 0 Å². The van der Waals surface area contributed by atoms with E-state index < -0.39 is 0 Å². The van der Waals surface area contributed by atoms with Crippen LogP contribution in [0.4, 0.5) is 0 Å². The zero-order valence-corrected chi connectivity index (χ0v) is 9.71. The lowest BCUT2D eigenvalue weighted by molar-refractivity contribution is -0.143. The van der Waals surface area contributed by atoms with Crippen LogP contribution in [0.3, 0.4) is 0 Å². The van der Waals surface area contributed by atoms with Gasteiger partial charge in [-0.15, -0.1) is 0 Å². The lowest BCUT2D eigenvalue weighted by Gasteiger charge is -2.06. The second-order valence-corrected chi connectivity index (χ2v) is 3.89. The Labute approximate surface area is 88.0 Å². The molecule has 0 saturated carbocycles. The topological polar surface area (TPSA) is 26.3 Å². The minimum Gasteiger partial charge on any atom is -0.463 e. The van der Waals surface area contributed by atoms with Gasteiger partial charge in [0.1, 0.15) is 0 Å². The molecule has 0 unspecified atom stereocenters. The van der Waals surface area contributed by atoms with Crippen molar-refractivity contribution in [3.05, 3.63) is 6.42 Å². The molecule has 0 N–H and O–H groups in total. The van der Waals surface area contributed by atoms with Crippen molar-refractivity contribution in [3.8, 4) is 0 Å². The van der Waals surface area contributed by atoms with Gasteiger partial charge in [0.15, 0.2) is 0 Å². The van der Waals surface area contributed by atoms with E-state index in [1.54, 1.807) is 6.42 Å². The number of esters is 1. The fraction of sp³-hybridized carbons (Fsp3) is 0.833. The first-order valence-electron chi connectivity index (χ1n) is 5.70. The lowest BCUT2D eigenvalue weighted by Crippen LogP contribution is -2.11. The summed E-state index contributed by atoms with van der Waals surface area (Å²) in [5, 5.41) is 0. The Morgan fingerprint density at radius 2 is 1.86 bits per heavy atom. The average molecular weight is 199 g/mol. The summed E-state index contributed by atoms with van der Waals surface area (Å²) in [6, 6.07) is 0. The van der Waals surface area contributed by atoms with Crippen LogP contribution in [0.1, 0.15) is 59.3 Å². The molecular weight excluding hydrogens is 176 g/mol. The number of carbonyl (C=O) groups excluding carboxylic acids is 1. The third-order valence-corrected chi connectivity index (χ3v) is 1.97. The number of rotatable bonds is 8. The summed E-state index contributed by atoms with van der Waals surface area (Å²) < 4.78 is 4.98. The highest BCUT2D eigenvalue weighted by atomic mass is 16.5. The molecule has 0 atom stereocenters. The third-order valence-electron chi connectivity index (χ3n) is 1.97. The van der Waals surface area contributed by atoms with Crippen LogP contribution in [-0.4, -0.2) is 12.1 Å². The zero-order valence-electron chi connectivity index (χ0n) is 9.71. The van der Waals surface area contributed by atoms with Crippen LogP contribution in [0.2, 0.25) is 0 Å². The van der Waals surface area contributed by atoms with E-state index in [1.807, 2.05) is 13.8 Å². The van der Waals surface area contributed by atoms with Crippen molar-refractivity contribution in [2.45, 2.75) is 65.4 Å². The molecule has 0 aromatic heterocycles. The van der Waals surface area contributed by atoms with Gasteiger partial charge < -0.3 is 4.74 Å². The van der Waals surface area contributed by atoms with Crippen molar-refractivity contribution in [1.82, 2.24) is 0 Å². The van der Waals surface area contributed by atoms with Crippen LogP contribution < -0.4 is 0 Å². The smallest absolute Gasteiger partial charge is 0.310 e. The number of unbranched alkanes of at least 4 members (excludes halogenated alkanes) is 5. The van der Waals surface area contributed by atoms with Crippen molar-refractivity contribution < 1.29 is 9.53 Å². The summed E-state index contributed by atoms with van der Waals surface area (Å²) in [7, 11) is 0. The largest absolute Gasteiger partial charge is 0.463 e. The summed E-state index contributed by atoms with van der Waals surface area (Å²) in [5.74, 6) is -0.171. The Balaban J connectivity index is 3.15. The maximum Gasteiger partial charge on any atom is 0.310 e. The monoisotopic (exact) mass is 199 g/mol.